The summed E-state index contributed by atoms with van der Waals surface area (Å²) in [4.78, 5) is 0. The summed E-state index contributed by atoms with van der Waals surface area (Å²) in [5.74, 6) is 0.761. The Morgan fingerprint density at radius 1 is 1.14 bits per heavy atom. The van der Waals surface area contributed by atoms with Crippen LogP contribution in [0.5, 0.6) is 0 Å². The molecule has 1 aromatic rings. The van der Waals surface area contributed by atoms with Gasteiger partial charge >= 0.3 is 0 Å². The predicted molar refractivity (Wildman–Crippen MR) is 61.7 cm³/mol. The lowest BCUT2D eigenvalue weighted by molar-refractivity contribution is 0.509. The molecule has 0 aliphatic heterocycles. The molecule has 0 unspecified atom stereocenters. The van der Waals surface area contributed by atoms with Crippen LogP contribution in [0.15, 0.2) is 30.3 Å². The fourth-order valence-electron chi connectivity index (χ4n) is 2.31. The van der Waals surface area contributed by atoms with E-state index < -0.39 is 0 Å². The summed E-state index contributed by atoms with van der Waals surface area (Å²) in [6.07, 6.45) is 6.34. The van der Waals surface area contributed by atoms with Crippen LogP contribution in [0, 0.1) is 5.92 Å². The van der Waals surface area contributed by atoms with E-state index in [9.17, 15) is 0 Å². The Balaban J connectivity index is 1.82. The van der Waals surface area contributed by atoms with E-state index in [-0.39, 0.29) is 0 Å². The molecule has 0 N–H and O–H groups in total. The summed E-state index contributed by atoms with van der Waals surface area (Å²) >= 11 is 6.24. The highest BCUT2D eigenvalue weighted by Crippen LogP contribution is 2.33. The van der Waals surface area contributed by atoms with Gasteiger partial charge in [0.25, 0.3) is 0 Å². The van der Waals surface area contributed by atoms with E-state index in [4.69, 9.17) is 11.6 Å². The van der Waals surface area contributed by atoms with E-state index in [0.717, 1.165) is 5.92 Å². The van der Waals surface area contributed by atoms with E-state index in [1.165, 1.54) is 37.7 Å². The van der Waals surface area contributed by atoms with Crippen molar-refractivity contribution < 1.29 is 0 Å². The van der Waals surface area contributed by atoms with Crippen LogP contribution in [0.25, 0.3) is 0 Å². The minimum Gasteiger partial charge on any atom is -0.123 e. The van der Waals surface area contributed by atoms with Gasteiger partial charge in [0.05, 0.1) is 0 Å². The molecule has 0 nitrogen and oxygen atoms in total. The first-order valence-electron chi connectivity index (χ1n) is 5.54. The summed E-state index contributed by atoms with van der Waals surface area (Å²) in [6, 6.07) is 10.7. The lowest BCUT2D eigenvalue weighted by atomic mass is 9.98. The minimum absolute atomic E-state index is 0.443. The van der Waals surface area contributed by atoms with Crippen LogP contribution in [0.4, 0.5) is 0 Å². The third-order valence-electron chi connectivity index (χ3n) is 3.21. The number of benzene rings is 1. The van der Waals surface area contributed by atoms with Gasteiger partial charge in [0.2, 0.25) is 0 Å². The van der Waals surface area contributed by atoms with Gasteiger partial charge in [-0.3, -0.25) is 0 Å². The van der Waals surface area contributed by atoms with Crippen molar-refractivity contribution in [1.29, 1.82) is 0 Å². The van der Waals surface area contributed by atoms with Gasteiger partial charge in [-0.05, 0) is 37.2 Å². The second-order valence-corrected chi connectivity index (χ2v) is 4.79. The number of rotatable bonds is 3. The number of halogens is 1. The van der Waals surface area contributed by atoms with Crippen LogP contribution in [0.3, 0.4) is 0 Å². The Kier molecular flexibility index (Phi) is 3.47. The largest absolute Gasteiger partial charge is 0.123 e. The van der Waals surface area contributed by atoms with Crippen LogP contribution in [0.1, 0.15) is 31.2 Å². The molecule has 1 saturated carbocycles. The van der Waals surface area contributed by atoms with Crippen molar-refractivity contribution in [3.8, 4) is 0 Å². The van der Waals surface area contributed by atoms with Crippen molar-refractivity contribution in [1.82, 2.24) is 0 Å². The normalized spacial score (nSPS) is 26.6. The monoisotopic (exact) mass is 208 g/mol. The lowest BCUT2D eigenvalue weighted by Gasteiger charge is -2.12. The van der Waals surface area contributed by atoms with Gasteiger partial charge in [-0.1, -0.05) is 36.8 Å². The van der Waals surface area contributed by atoms with Crippen molar-refractivity contribution in [2.24, 2.45) is 5.92 Å². The number of aryl methyl sites for hydroxylation is 1. The molecule has 14 heavy (non-hydrogen) atoms. The molecule has 0 bridgehead atoms. The molecule has 2 rings (SSSR count). The molecule has 1 aliphatic carbocycles. The zero-order valence-electron chi connectivity index (χ0n) is 8.45. The van der Waals surface area contributed by atoms with Crippen LogP contribution in [0.2, 0.25) is 0 Å². The Labute approximate surface area is 91.3 Å². The zero-order chi connectivity index (χ0) is 9.80. The average Bonchev–Trinajstić information content (AvgIpc) is 2.63. The maximum atomic E-state index is 6.24. The summed E-state index contributed by atoms with van der Waals surface area (Å²) in [5, 5.41) is 0.443. The molecular formula is C13H17Cl. The maximum Gasteiger partial charge on any atom is 0.0364 e. The average molecular weight is 209 g/mol. The third kappa shape index (κ3) is 2.51. The number of hydrogen-bond acceptors (Lipinski definition) is 0. The van der Waals surface area contributed by atoms with Gasteiger partial charge in [0, 0.05) is 5.38 Å². The fourth-order valence-corrected chi connectivity index (χ4v) is 2.72. The molecule has 0 spiro atoms. The molecule has 1 aliphatic rings. The minimum atomic E-state index is 0.443. The van der Waals surface area contributed by atoms with E-state index in [2.05, 4.69) is 30.3 Å². The highest BCUT2D eigenvalue weighted by Gasteiger charge is 2.24. The molecule has 1 fully saturated rings. The molecule has 0 amide bonds. The SMILES string of the molecule is Cl[C@@H]1CCC[C@H]1CCc1ccccc1. The molecule has 0 saturated heterocycles. The fraction of sp³-hybridized carbons (Fsp3) is 0.538. The molecule has 0 aromatic heterocycles. The Morgan fingerprint density at radius 2 is 1.93 bits per heavy atom. The third-order valence-corrected chi connectivity index (χ3v) is 3.79. The second kappa shape index (κ2) is 4.84. The van der Waals surface area contributed by atoms with Gasteiger partial charge in [-0.2, -0.15) is 0 Å². The quantitative estimate of drug-likeness (QED) is 0.658. The summed E-state index contributed by atoms with van der Waals surface area (Å²) < 4.78 is 0. The Bertz CT molecular complexity index is 268. The maximum absolute atomic E-state index is 6.24. The summed E-state index contributed by atoms with van der Waals surface area (Å²) in [5.41, 5.74) is 1.45. The lowest BCUT2D eigenvalue weighted by Crippen LogP contribution is -2.07. The van der Waals surface area contributed by atoms with Gasteiger partial charge in [-0.15, -0.1) is 11.6 Å². The van der Waals surface area contributed by atoms with Gasteiger partial charge in [0.15, 0.2) is 0 Å². The standard InChI is InChI=1S/C13H17Cl/c14-13-8-4-7-12(13)10-9-11-5-2-1-3-6-11/h1-3,5-6,12-13H,4,7-10H2/t12-,13+/m0/s1. The van der Waals surface area contributed by atoms with E-state index in [0.29, 0.717) is 5.38 Å². The van der Waals surface area contributed by atoms with Crippen LogP contribution >= 0.6 is 11.6 Å². The topological polar surface area (TPSA) is 0 Å². The second-order valence-electron chi connectivity index (χ2n) is 4.23. The van der Waals surface area contributed by atoms with Crippen LogP contribution in [-0.2, 0) is 6.42 Å². The van der Waals surface area contributed by atoms with Crippen LogP contribution in [-0.4, -0.2) is 5.38 Å². The number of hydrogen-bond donors (Lipinski definition) is 0. The van der Waals surface area contributed by atoms with Gasteiger partial charge < -0.3 is 0 Å². The van der Waals surface area contributed by atoms with Gasteiger partial charge in [0.1, 0.15) is 0 Å². The van der Waals surface area contributed by atoms with Crippen molar-refractivity contribution in [2.45, 2.75) is 37.5 Å². The molecule has 0 heterocycles. The molecule has 2 atom stereocenters. The van der Waals surface area contributed by atoms with E-state index in [1.54, 1.807) is 0 Å². The van der Waals surface area contributed by atoms with Crippen molar-refractivity contribution >= 4 is 11.6 Å². The molecule has 76 valence electrons. The number of alkyl halides is 1. The van der Waals surface area contributed by atoms with E-state index >= 15 is 0 Å². The highest BCUT2D eigenvalue weighted by atomic mass is 35.5. The molecular weight excluding hydrogens is 192 g/mol. The van der Waals surface area contributed by atoms with E-state index in [1.807, 2.05) is 0 Å². The highest BCUT2D eigenvalue weighted by molar-refractivity contribution is 6.20. The first-order valence-corrected chi connectivity index (χ1v) is 5.98. The van der Waals surface area contributed by atoms with Gasteiger partial charge in [-0.25, -0.2) is 0 Å². The molecule has 1 heteroatoms. The predicted octanol–water partition coefficient (Wildman–Crippen LogP) is 4.03. The van der Waals surface area contributed by atoms with Crippen molar-refractivity contribution in [2.75, 3.05) is 0 Å². The summed E-state index contributed by atoms with van der Waals surface area (Å²) in [7, 11) is 0. The van der Waals surface area contributed by atoms with Crippen molar-refractivity contribution in [3.63, 3.8) is 0 Å². The first kappa shape index (κ1) is 10.0. The summed E-state index contributed by atoms with van der Waals surface area (Å²) in [6.45, 7) is 0. The first-order chi connectivity index (χ1) is 6.86. The zero-order valence-corrected chi connectivity index (χ0v) is 9.21. The smallest absolute Gasteiger partial charge is 0.0364 e. The Hall–Kier alpha value is -0.490. The molecule has 1 aromatic carbocycles. The van der Waals surface area contributed by atoms with Crippen LogP contribution < -0.4 is 0 Å². The Morgan fingerprint density at radius 3 is 2.57 bits per heavy atom. The van der Waals surface area contributed by atoms with Crippen molar-refractivity contribution in [3.05, 3.63) is 35.9 Å². The molecule has 0 radical (unpaired) electrons.